The van der Waals surface area contributed by atoms with Gasteiger partial charge in [0.2, 0.25) is 5.89 Å². The van der Waals surface area contributed by atoms with E-state index < -0.39 is 10.8 Å². The first kappa shape index (κ1) is 14.5. The molecule has 1 fully saturated rings. The number of hydrogen-bond acceptors (Lipinski definition) is 6. The maximum atomic E-state index is 11.3. The topological polar surface area (TPSA) is 80.0 Å². The van der Waals surface area contributed by atoms with Crippen molar-refractivity contribution in [2.45, 2.75) is 39.3 Å². The number of nitrogens with one attached hydrogen (secondary N) is 2. The molecule has 2 N–H and O–H groups in total. The quantitative estimate of drug-likeness (QED) is 0.816. The third-order valence-corrected chi connectivity index (χ3v) is 4.39. The van der Waals surface area contributed by atoms with Crippen LogP contribution in [0.15, 0.2) is 4.42 Å². The lowest BCUT2D eigenvalue weighted by Gasteiger charge is -2.21. The van der Waals surface area contributed by atoms with Gasteiger partial charge in [-0.25, -0.2) is 0 Å². The zero-order valence-corrected chi connectivity index (χ0v) is 12.3. The van der Waals surface area contributed by atoms with Gasteiger partial charge in [-0.05, 0) is 25.3 Å². The molecule has 0 radical (unpaired) electrons. The third kappa shape index (κ3) is 4.91. The van der Waals surface area contributed by atoms with Crippen LogP contribution in [0.25, 0.3) is 0 Å². The van der Waals surface area contributed by atoms with Gasteiger partial charge in [-0.2, -0.15) is 0 Å². The minimum atomic E-state index is -0.639. The van der Waals surface area contributed by atoms with Gasteiger partial charge in [0, 0.05) is 28.3 Å². The van der Waals surface area contributed by atoms with E-state index in [1.165, 1.54) is 0 Å². The van der Waals surface area contributed by atoms with Crippen LogP contribution in [-0.4, -0.2) is 38.5 Å². The van der Waals surface area contributed by atoms with Crippen LogP contribution in [0.2, 0.25) is 0 Å². The molecule has 7 heteroatoms. The number of aromatic nitrogens is 2. The molecule has 6 nitrogen and oxygen atoms in total. The average Bonchev–Trinajstić information content (AvgIpc) is 2.79. The average molecular weight is 286 g/mol. The van der Waals surface area contributed by atoms with Crippen LogP contribution in [0.4, 0.5) is 6.01 Å². The summed E-state index contributed by atoms with van der Waals surface area (Å²) in [5, 5.41) is 14.5. The maximum absolute atomic E-state index is 11.3. The van der Waals surface area contributed by atoms with E-state index in [0.29, 0.717) is 30.4 Å². The first-order valence-electron chi connectivity index (χ1n) is 6.78. The first-order chi connectivity index (χ1) is 9.13. The van der Waals surface area contributed by atoms with Crippen molar-refractivity contribution in [3.8, 4) is 0 Å². The van der Waals surface area contributed by atoms with E-state index in [1.807, 2.05) is 0 Å². The van der Waals surface area contributed by atoms with Crippen molar-refractivity contribution in [3.05, 3.63) is 5.89 Å². The predicted octanol–water partition coefficient (Wildman–Crippen LogP) is 1.14. The summed E-state index contributed by atoms with van der Waals surface area (Å²) < 4.78 is 16.8. The Bertz CT molecular complexity index is 412. The minimum Gasteiger partial charge on any atom is -0.407 e. The van der Waals surface area contributed by atoms with Crippen molar-refractivity contribution < 1.29 is 8.63 Å². The van der Waals surface area contributed by atoms with Gasteiger partial charge in [-0.3, -0.25) is 4.21 Å². The molecule has 0 bridgehead atoms. The second-order valence-electron chi connectivity index (χ2n) is 5.29. The van der Waals surface area contributed by atoms with Crippen LogP contribution < -0.4 is 10.6 Å². The van der Waals surface area contributed by atoms with Gasteiger partial charge < -0.3 is 15.1 Å². The Morgan fingerprint density at radius 2 is 2.11 bits per heavy atom. The van der Waals surface area contributed by atoms with Gasteiger partial charge in [-0.1, -0.05) is 18.9 Å². The second-order valence-corrected chi connectivity index (χ2v) is 6.99. The van der Waals surface area contributed by atoms with Crippen LogP contribution in [0, 0.1) is 5.92 Å². The van der Waals surface area contributed by atoms with Gasteiger partial charge in [0.05, 0.1) is 6.54 Å². The van der Waals surface area contributed by atoms with Crippen LogP contribution in [0.3, 0.4) is 0 Å². The number of hydrogen-bond donors (Lipinski definition) is 2. The Labute approximate surface area is 116 Å². The van der Waals surface area contributed by atoms with Crippen molar-refractivity contribution in [1.29, 1.82) is 0 Å². The molecule has 1 aliphatic heterocycles. The monoisotopic (exact) mass is 286 g/mol. The first-order valence-corrected chi connectivity index (χ1v) is 8.27. The molecule has 0 spiro atoms. The highest BCUT2D eigenvalue weighted by Crippen LogP contribution is 2.15. The van der Waals surface area contributed by atoms with E-state index in [-0.39, 0.29) is 0 Å². The maximum Gasteiger partial charge on any atom is 0.315 e. The predicted molar refractivity (Wildman–Crippen MR) is 75.4 cm³/mol. The third-order valence-electron chi connectivity index (χ3n) is 3.01. The number of rotatable bonds is 6. The molecule has 1 aromatic rings. The van der Waals surface area contributed by atoms with Crippen molar-refractivity contribution in [2.24, 2.45) is 5.92 Å². The lowest BCUT2D eigenvalue weighted by atomic mass is 10.2. The molecule has 2 heterocycles. The molecule has 19 heavy (non-hydrogen) atoms. The summed E-state index contributed by atoms with van der Waals surface area (Å²) in [5.41, 5.74) is 0. The molecule has 0 aromatic carbocycles. The second kappa shape index (κ2) is 7.00. The van der Waals surface area contributed by atoms with Crippen LogP contribution in [0.5, 0.6) is 0 Å². The number of anilines is 1. The highest BCUT2D eigenvalue weighted by molar-refractivity contribution is 7.85. The van der Waals surface area contributed by atoms with Crippen LogP contribution in [0.1, 0.15) is 32.6 Å². The summed E-state index contributed by atoms with van der Waals surface area (Å²) in [5.74, 6) is 2.72. The van der Waals surface area contributed by atoms with E-state index >= 15 is 0 Å². The fourth-order valence-corrected chi connectivity index (χ4v) is 3.26. The molecule has 0 amide bonds. The molecular formula is C12H22N4O2S. The fourth-order valence-electron chi connectivity index (χ4n) is 1.96. The highest BCUT2D eigenvalue weighted by atomic mass is 32.2. The van der Waals surface area contributed by atoms with E-state index in [9.17, 15) is 4.21 Å². The summed E-state index contributed by atoms with van der Waals surface area (Å²) >= 11 is 0. The molecule has 0 unspecified atom stereocenters. The van der Waals surface area contributed by atoms with Crippen molar-refractivity contribution in [3.63, 3.8) is 0 Å². The standard InChI is InChI=1S/C12H22N4O2S/c1-9(2)7-13-8-11-15-16-12(18-11)14-10-3-5-19(17)6-4-10/h9-10,13H,3-8H2,1-2H3,(H,14,16). The largest absolute Gasteiger partial charge is 0.407 e. The highest BCUT2D eigenvalue weighted by Gasteiger charge is 2.19. The normalized spacial score (nSPS) is 23.7. The van der Waals surface area contributed by atoms with Gasteiger partial charge in [0.15, 0.2) is 0 Å². The summed E-state index contributed by atoms with van der Waals surface area (Å²) in [6.45, 7) is 5.84. The van der Waals surface area contributed by atoms with E-state index in [0.717, 1.165) is 30.9 Å². The summed E-state index contributed by atoms with van der Waals surface area (Å²) in [6, 6.07) is 0.772. The summed E-state index contributed by atoms with van der Waals surface area (Å²) in [7, 11) is -0.639. The molecule has 1 aliphatic rings. The molecule has 1 aromatic heterocycles. The minimum absolute atomic E-state index is 0.301. The van der Waals surface area contributed by atoms with Crippen molar-refractivity contribution >= 4 is 16.8 Å². The molecule has 0 aliphatic carbocycles. The lowest BCUT2D eigenvalue weighted by molar-refractivity contribution is 0.453. The van der Waals surface area contributed by atoms with Gasteiger partial charge >= 0.3 is 6.01 Å². The summed E-state index contributed by atoms with van der Waals surface area (Å²) in [4.78, 5) is 0. The lowest BCUT2D eigenvalue weighted by Crippen LogP contribution is -2.29. The molecule has 0 atom stereocenters. The van der Waals surface area contributed by atoms with Gasteiger partial charge in [-0.15, -0.1) is 5.10 Å². The molecular weight excluding hydrogens is 264 g/mol. The molecule has 108 valence electrons. The Morgan fingerprint density at radius 3 is 2.79 bits per heavy atom. The smallest absolute Gasteiger partial charge is 0.315 e. The fraction of sp³-hybridized carbons (Fsp3) is 0.833. The Hall–Kier alpha value is -0.950. The van der Waals surface area contributed by atoms with Crippen molar-refractivity contribution in [2.75, 3.05) is 23.4 Å². The Morgan fingerprint density at radius 1 is 1.37 bits per heavy atom. The van der Waals surface area contributed by atoms with Crippen LogP contribution in [-0.2, 0) is 17.3 Å². The summed E-state index contributed by atoms with van der Waals surface area (Å²) in [6.07, 6.45) is 1.80. The Balaban J connectivity index is 1.75. The zero-order valence-electron chi connectivity index (χ0n) is 11.5. The Kier molecular flexibility index (Phi) is 5.33. The molecule has 1 saturated heterocycles. The van der Waals surface area contributed by atoms with Crippen molar-refractivity contribution in [1.82, 2.24) is 15.5 Å². The molecule has 0 saturated carbocycles. The van der Waals surface area contributed by atoms with E-state index in [2.05, 4.69) is 34.7 Å². The van der Waals surface area contributed by atoms with Gasteiger partial charge in [0.1, 0.15) is 0 Å². The SMILES string of the molecule is CC(C)CNCc1nnc(NC2CCS(=O)CC2)o1. The van der Waals surface area contributed by atoms with Crippen LogP contribution >= 0.6 is 0 Å². The zero-order chi connectivity index (χ0) is 13.7. The van der Waals surface area contributed by atoms with E-state index in [4.69, 9.17) is 4.42 Å². The molecule has 2 rings (SSSR count). The van der Waals surface area contributed by atoms with Gasteiger partial charge in [0.25, 0.3) is 0 Å². The van der Waals surface area contributed by atoms with E-state index in [1.54, 1.807) is 0 Å². The number of nitrogens with zero attached hydrogens (tertiary/aromatic N) is 2.